The predicted molar refractivity (Wildman–Crippen MR) is 53.4 cm³/mol. The minimum Gasteiger partial charge on any atom is -0.385 e. The van der Waals surface area contributed by atoms with Gasteiger partial charge >= 0.3 is 0 Å². The van der Waals surface area contributed by atoms with Crippen molar-refractivity contribution in [2.24, 2.45) is 5.92 Å². The van der Waals surface area contributed by atoms with E-state index >= 15 is 0 Å². The maximum absolute atomic E-state index is 13.6. The highest BCUT2D eigenvalue weighted by atomic mass is 19.2. The van der Waals surface area contributed by atoms with Crippen LogP contribution in [0.5, 0.6) is 0 Å². The molecule has 2 rings (SSSR count). The van der Waals surface area contributed by atoms with Crippen LogP contribution in [0, 0.1) is 24.5 Å². The molecule has 0 aromatic heterocycles. The van der Waals surface area contributed by atoms with Crippen molar-refractivity contribution in [2.45, 2.75) is 32.3 Å². The summed E-state index contributed by atoms with van der Waals surface area (Å²) in [6.07, 6.45) is 1.01. The van der Waals surface area contributed by atoms with E-state index in [1.165, 1.54) is 19.1 Å². The summed E-state index contributed by atoms with van der Waals surface area (Å²) in [6.45, 7) is 3.49. The number of hydrogen-bond acceptors (Lipinski definition) is 1. The molecule has 0 spiro atoms. The Hall–Kier alpha value is -0.960. The molecule has 15 heavy (non-hydrogen) atoms. The molecular weight excluding hydrogens is 198 g/mol. The predicted octanol–water partition coefficient (Wildman–Crippen LogP) is 2.89. The zero-order chi connectivity index (χ0) is 11.2. The fraction of sp³-hybridized carbons (Fsp3) is 0.500. The lowest BCUT2D eigenvalue weighted by Gasteiger charge is -2.42. The summed E-state index contributed by atoms with van der Waals surface area (Å²) >= 11 is 0. The molecule has 1 aliphatic rings. The molecule has 1 aromatic carbocycles. The van der Waals surface area contributed by atoms with Crippen molar-refractivity contribution in [3.05, 3.63) is 34.9 Å². The van der Waals surface area contributed by atoms with Crippen molar-refractivity contribution in [2.75, 3.05) is 0 Å². The molecule has 82 valence electrons. The molecule has 1 aliphatic carbocycles. The Morgan fingerprint density at radius 3 is 2.40 bits per heavy atom. The summed E-state index contributed by atoms with van der Waals surface area (Å²) in [7, 11) is 0. The van der Waals surface area contributed by atoms with E-state index in [1.807, 2.05) is 6.92 Å². The lowest BCUT2D eigenvalue weighted by molar-refractivity contribution is -0.0767. The minimum atomic E-state index is -1.15. The molecule has 1 nitrogen and oxygen atoms in total. The third-order valence-corrected chi connectivity index (χ3v) is 3.15. The summed E-state index contributed by atoms with van der Waals surface area (Å²) in [5, 5.41) is 10.0. The van der Waals surface area contributed by atoms with Crippen LogP contribution in [0.2, 0.25) is 0 Å². The average molecular weight is 212 g/mol. The molecule has 0 bridgehead atoms. The van der Waals surface area contributed by atoms with E-state index in [1.54, 1.807) is 0 Å². The quantitative estimate of drug-likeness (QED) is 0.758. The smallest absolute Gasteiger partial charge is 0.165 e. The highest BCUT2D eigenvalue weighted by molar-refractivity contribution is 5.31. The monoisotopic (exact) mass is 212 g/mol. The van der Waals surface area contributed by atoms with Gasteiger partial charge in [0.2, 0.25) is 0 Å². The van der Waals surface area contributed by atoms with Gasteiger partial charge < -0.3 is 5.11 Å². The SMILES string of the molecule is Cc1ccc(C2(O)CC(C)C2)c(F)c1F. The van der Waals surface area contributed by atoms with E-state index in [-0.39, 0.29) is 11.1 Å². The van der Waals surface area contributed by atoms with Gasteiger partial charge in [-0.1, -0.05) is 19.1 Å². The standard InChI is InChI=1S/C12H14F2O/c1-7-5-12(15,6-7)9-4-3-8(2)10(13)11(9)14/h3-4,7,15H,5-6H2,1-2H3. The van der Waals surface area contributed by atoms with E-state index in [0.29, 0.717) is 18.8 Å². The van der Waals surface area contributed by atoms with Crippen molar-refractivity contribution in [1.29, 1.82) is 0 Å². The second-order valence-electron chi connectivity index (χ2n) is 4.60. The Kier molecular flexibility index (Phi) is 2.30. The van der Waals surface area contributed by atoms with Gasteiger partial charge in [0.25, 0.3) is 0 Å². The zero-order valence-corrected chi connectivity index (χ0v) is 8.85. The number of halogens is 2. The molecule has 0 radical (unpaired) electrons. The van der Waals surface area contributed by atoms with Crippen LogP contribution < -0.4 is 0 Å². The van der Waals surface area contributed by atoms with Gasteiger partial charge in [0.15, 0.2) is 11.6 Å². The molecule has 0 unspecified atom stereocenters. The van der Waals surface area contributed by atoms with E-state index in [2.05, 4.69) is 0 Å². The lowest BCUT2D eigenvalue weighted by Crippen LogP contribution is -2.40. The largest absolute Gasteiger partial charge is 0.385 e. The Morgan fingerprint density at radius 2 is 1.87 bits per heavy atom. The Balaban J connectivity index is 2.42. The first-order chi connectivity index (χ1) is 6.94. The van der Waals surface area contributed by atoms with Crippen LogP contribution in [0.15, 0.2) is 12.1 Å². The topological polar surface area (TPSA) is 20.2 Å². The van der Waals surface area contributed by atoms with Gasteiger partial charge in [0.1, 0.15) is 0 Å². The van der Waals surface area contributed by atoms with Gasteiger partial charge in [0.05, 0.1) is 5.60 Å². The van der Waals surface area contributed by atoms with Crippen molar-refractivity contribution in [3.8, 4) is 0 Å². The number of hydrogen-bond donors (Lipinski definition) is 1. The highest BCUT2D eigenvalue weighted by Gasteiger charge is 2.43. The average Bonchev–Trinajstić information content (AvgIpc) is 2.12. The molecule has 0 heterocycles. The van der Waals surface area contributed by atoms with Crippen LogP contribution in [0.1, 0.15) is 30.9 Å². The minimum absolute atomic E-state index is 0.101. The maximum Gasteiger partial charge on any atom is 0.165 e. The van der Waals surface area contributed by atoms with Gasteiger partial charge in [0, 0.05) is 5.56 Å². The molecule has 1 aromatic rings. The van der Waals surface area contributed by atoms with Crippen LogP contribution in [-0.4, -0.2) is 5.11 Å². The van der Waals surface area contributed by atoms with Gasteiger partial charge in [-0.05, 0) is 31.2 Å². The third-order valence-electron chi connectivity index (χ3n) is 3.15. The second-order valence-corrected chi connectivity index (χ2v) is 4.60. The summed E-state index contributed by atoms with van der Waals surface area (Å²) in [4.78, 5) is 0. The molecule has 1 N–H and O–H groups in total. The molecule has 0 amide bonds. The molecule has 1 fully saturated rings. The number of aliphatic hydroxyl groups is 1. The summed E-state index contributed by atoms with van der Waals surface area (Å²) in [5.41, 5.74) is -0.783. The van der Waals surface area contributed by atoms with Gasteiger partial charge in [-0.3, -0.25) is 0 Å². The van der Waals surface area contributed by atoms with Crippen molar-refractivity contribution >= 4 is 0 Å². The van der Waals surface area contributed by atoms with Crippen LogP contribution in [-0.2, 0) is 5.60 Å². The van der Waals surface area contributed by atoms with Crippen molar-refractivity contribution < 1.29 is 13.9 Å². The van der Waals surface area contributed by atoms with Crippen LogP contribution >= 0.6 is 0 Å². The van der Waals surface area contributed by atoms with E-state index in [9.17, 15) is 13.9 Å². The Morgan fingerprint density at radius 1 is 1.27 bits per heavy atom. The Labute approximate surface area is 87.7 Å². The third kappa shape index (κ3) is 1.55. The summed E-state index contributed by atoms with van der Waals surface area (Å²) in [5.74, 6) is -1.37. The molecule has 0 aliphatic heterocycles. The second kappa shape index (κ2) is 3.27. The van der Waals surface area contributed by atoms with E-state index in [4.69, 9.17) is 0 Å². The molecule has 0 atom stereocenters. The number of benzene rings is 1. The Bertz CT molecular complexity index is 395. The van der Waals surface area contributed by atoms with E-state index in [0.717, 1.165) is 0 Å². The maximum atomic E-state index is 13.6. The fourth-order valence-electron chi connectivity index (χ4n) is 2.32. The van der Waals surface area contributed by atoms with Crippen LogP contribution in [0.25, 0.3) is 0 Å². The molecule has 0 saturated heterocycles. The first kappa shape index (κ1) is 10.6. The van der Waals surface area contributed by atoms with E-state index < -0.39 is 17.2 Å². The first-order valence-electron chi connectivity index (χ1n) is 5.11. The number of rotatable bonds is 1. The first-order valence-corrected chi connectivity index (χ1v) is 5.11. The summed E-state index contributed by atoms with van der Waals surface area (Å²) in [6, 6.07) is 2.99. The lowest BCUT2D eigenvalue weighted by atomic mass is 9.68. The highest BCUT2D eigenvalue weighted by Crippen LogP contribution is 2.46. The normalized spacial score (nSPS) is 30.1. The van der Waals surface area contributed by atoms with Crippen LogP contribution in [0.4, 0.5) is 8.78 Å². The zero-order valence-electron chi connectivity index (χ0n) is 8.85. The molecular formula is C12H14F2O. The van der Waals surface area contributed by atoms with Gasteiger partial charge in [-0.25, -0.2) is 8.78 Å². The summed E-state index contributed by atoms with van der Waals surface area (Å²) < 4.78 is 26.9. The fourth-order valence-corrected chi connectivity index (χ4v) is 2.32. The van der Waals surface area contributed by atoms with Crippen LogP contribution in [0.3, 0.4) is 0 Å². The van der Waals surface area contributed by atoms with Crippen molar-refractivity contribution in [3.63, 3.8) is 0 Å². The molecule has 3 heteroatoms. The number of aryl methyl sites for hydroxylation is 1. The van der Waals surface area contributed by atoms with Crippen molar-refractivity contribution in [1.82, 2.24) is 0 Å². The van der Waals surface area contributed by atoms with Gasteiger partial charge in [-0.2, -0.15) is 0 Å². The molecule has 1 saturated carbocycles. The van der Waals surface area contributed by atoms with Gasteiger partial charge in [-0.15, -0.1) is 0 Å².